The third kappa shape index (κ3) is 3.41. The molecule has 1 aromatic rings. The quantitative estimate of drug-likeness (QED) is 0.652. The molecule has 7 heteroatoms. The zero-order valence-electron chi connectivity index (χ0n) is 10.3. The van der Waals surface area contributed by atoms with Gasteiger partial charge in [-0.2, -0.15) is 0 Å². The molecule has 0 unspecified atom stereocenters. The highest BCUT2D eigenvalue weighted by Crippen LogP contribution is 2.11. The summed E-state index contributed by atoms with van der Waals surface area (Å²) in [5, 5.41) is 13.8. The number of hydrogen-bond acceptors (Lipinski definition) is 5. The lowest BCUT2D eigenvalue weighted by molar-refractivity contribution is -0.643. The molecule has 7 nitrogen and oxygen atoms in total. The van der Waals surface area contributed by atoms with Gasteiger partial charge in [-0.3, -0.25) is 0 Å². The molecule has 0 aromatic heterocycles. The van der Waals surface area contributed by atoms with Gasteiger partial charge in [0, 0.05) is 6.54 Å². The highest BCUT2D eigenvalue weighted by Gasteiger charge is 2.37. The van der Waals surface area contributed by atoms with Gasteiger partial charge in [-0.15, -0.1) is 0 Å². The first-order valence-corrected chi connectivity index (χ1v) is 6.03. The Labute approximate surface area is 110 Å². The van der Waals surface area contributed by atoms with Crippen molar-refractivity contribution < 1.29 is 14.6 Å². The fourth-order valence-electron chi connectivity index (χ4n) is 1.98. The molecule has 0 bridgehead atoms. The molecular formula is C12H15N3O4. The second-order valence-corrected chi connectivity index (χ2v) is 4.27. The molecule has 1 saturated heterocycles. The highest BCUT2D eigenvalue weighted by molar-refractivity contribution is 5.66. The lowest BCUT2D eigenvalue weighted by Crippen LogP contribution is -2.45. The van der Waals surface area contributed by atoms with Gasteiger partial charge in [-0.25, -0.2) is 14.9 Å². The summed E-state index contributed by atoms with van der Waals surface area (Å²) in [6, 6.07) is 8.61. The van der Waals surface area contributed by atoms with Crippen LogP contribution >= 0.6 is 0 Å². The summed E-state index contributed by atoms with van der Waals surface area (Å²) in [6.45, 7) is 1.12. The van der Waals surface area contributed by atoms with Crippen molar-refractivity contribution in [3.8, 4) is 0 Å². The minimum atomic E-state index is -0.914. The highest BCUT2D eigenvalue weighted by atomic mass is 16.7. The Bertz CT molecular complexity index is 446. The largest absolute Gasteiger partial charge is 0.468 e. The Balaban J connectivity index is 1.94. The van der Waals surface area contributed by atoms with E-state index in [4.69, 9.17) is 4.74 Å². The van der Waals surface area contributed by atoms with Crippen LogP contribution < -0.4 is 5.32 Å². The monoisotopic (exact) mass is 265 g/mol. The molecule has 1 N–H and O–H groups in total. The number of rotatable bonds is 4. The number of nitrogens with one attached hydrogen (secondary N) is 1. The van der Waals surface area contributed by atoms with Crippen LogP contribution in [0.1, 0.15) is 12.0 Å². The van der Waals surface area contributed by atoms with E-state index >= 15 is 0 Å². The van der Waals surface area contributed by atoms with Crippen LogP contribution in [0.15, 0.2) is 30.3 Å². The first kappa shape index (κ1) is 13.3. The molecule has 19 heavy (non-hydrogen) atoms. The van der Waals surface area contributed by atoms with Crippen molar-refractivity contribution in [2.24, 2.45) is 0 Å². The number of nitrogens with zero attached hydrogens (tertiary/aromatic N) is 2. The number of hydrazine groups is 1. The van der Waals surface area contributed by atoms with Gasteiger partial charge in [-0.1, -0.05) is 30.3 Å². The Morgan fingerprint density at radius 3 is 2.79 bits per heavy atom. The Kier molecular flexibility index (Phi) is 4.30. The molecule has 1 amide bonds. The van der Waals surface area contributed by atoms with Gasteiger partial charge >= 0.3 is 6.09 Å². The van der Waals surface area contributed by atoms with Gasteiger partial charge < -0.3 is 10.1 Å². The molecule has 1 aromatic carbocycles. The normalized spacial score (nSPS) is 18.0. The first-order valence-electron chi connectivity index (χ1n) is 6.03. The van der Waals surface area contributed by atoms with Crippen LogP contribution in [0.25, 0.3) is 0 Å². The number of carbonyl (C=O) groups is 1. The maximum atomic E-state index is 11.8. The number of ether oxygens (including phenoxy) is 1. The molecule has 0 saturated carbocycles. The van der Waals surface area contributed by atoms with Gasteiger partial charge in [0.15, 0.2) is 5.03 Å². The van der Waals surface area contributed by atoms with Crippen molar-refractivity contribution in [1.29, 1.82) is 0 Å². The fraction of sp³-hybridized carbons (Fsp3) is 0.417. The minimum Gasteiger partial charge on any atom is -0.441 e. The maximum Gasteiger partial charge on any atom is 0.468 e. The smallest absolute Gasteiger partial charge is 0.441 e. The van der Waals surface area contributed by atoms with Gasteiger partial charge in [0.05, 0.1) is 0 Å². The van der Waals surface area contributed by atoms with E-state index in [1.807, 2.05) is 18.2 Å². The Hall–Kier alpha value is -2.15. The topological polar surface area (TPSA) is 84.7 Å². The summed E-state index contributed by atoms with van der Waals surface area (Å²) < 4.78 is 4.98. The predicted molar refractivity (Wildman–Crippen MR) is 66.7 cm³/mol. The Morgan fingerprint density at radius 2 is 2.21 bits per heavy atom. The van der Waals surface area contributed by atoms with E-state index < -0.39 is 17.2 Å². The lowest BCUT2D eigenvalue weighted by Gasteiger charge is -2.17. The third-order valence-corrected chi connectivity index (χ3v) is 2.95. The molecular weight excluding hydrogens is 250 g/mol. The number of hydrogen-bond donors (Lipinski definition) is 1. The third-order valence-electron chi connectivity index (χ3n) is 2.95. The van der Waals surface area contributed by atoms with E-state index in [1.165, 1.54) is 0 Å². The zero-order chi connectivity index (χ0) is 13.7. The minimum absolute atomic E-state index is 0.0319. The van der Waals surface area contributed by atoms with E-state index in [1.54, 1.807) is 12.1 Å². The predicted octanol–water partition coefficient (Wildman–Crippen LogP) is 1.18. The van der Waals surface area contributed by atoms with Gasteiger partial charge in [0.1, 0.15) is 12.6 Å². The van der Waals surface area contributed by atoms with Crippen molar-refractivity contribution in [1.82, 2.24) is 10.3 Å². The molecule has 1 atom stereocenters. The summed E-state index contributed by atoms with van der Waals surface area (Å²) in [5.41, 5.74) is 0.795. The number of carbonyl (C=O) groups excluding carboxylic acids is 1. The fourth-order valence-corrected chi connectivity index (χ4v) is 1.98. The van der Waals surface area contributed by atoms with Crippen molar-refractivity contribution in [3.05, 3.63) is 46.0 Å². The van der Waals surface area contributed by atoms with Crippen LogP contribution in [0.2, 0.25) is 0 Å². The second-order valence-electron chi connectivity index (χ2n) is 4.27. The van der Waals surface area contributed by atoms with Crippen LogP contribution in [0.4, 0.5) is 4.79 Å². The Morgan fingerprint density at radius 1 is 1.47 bits per heavy atom. The summed E-state index contributed by atoms with van der Waals surface area (Å²) in [7, 11) is 0. The van der Waals surface area contributed by atoms with Crippen molar-refractivity contribution in [2.75, 3.05) is 13.1 Å². The summed E-state index contributed by atoms with van der Waals surface area (Å²) in [5.74, 6) is 0. The number of amides is 1. The molecule has 102 valence electrons. The summed E-state index contributed by atoms with van der Waals surface area (Å²) in [4.78, 5) is 22.7. The zero-order valence-corrected chi connectivity index (χ0v) is 10.3. The summed E-state index contributed by atoms with van der Waals surface area (Å²) in [6.07, 6.45) is -0.357. The molecule has 0 spiro atoms. The van der Waals surface area contributed by atoms with Crippen molar-refractivity contribution in [3.63, 3.8) is 0 Å². The molecule has 1 aliphatic rings. The second kappa shape index (κ2) is 6.14. The number of nitro groups is 1. The first-order chi connectivity index (χ1) is 9.18. The lowest BCUT2D eigenvalue weighted by atomic mass is 10.2. The van der Waals surface area contributed by atoms with Crippen LogP contribution in [-0.4, -0.2) is 35.3 Å². The molecule has 1 fully saturated rings. The number of benzene rings is 1. The van der Waals surface area contributed by atoms with E-state index in [9.17, 15) is 14.9 Å². The molecule has 0 aliphatic carbocycles. The van der Waals surface area contributed by atoms with Crippen LogP contribution in [0, 0.1) is 10.1 Å². The van der Waals surface area contributed by atoms with Crippen molar-refractivity contribution >= 4 is 6.09 Å². The van der Waals surface area contributed by atoms with Gasteiger partial charge in [0.2, 0.25) is 0 Å². The van der Waals surface area contributed by atoms with E-state index in [-0.39, 0.29) is 6.61 Å². The molecule has 1 aliphatic heterocycles. The van der Waals surface area contributed by atoms with Gasteiger partial charge in [-0.05, 0) is 23.5 Å². The van der Waals surface area contributed by atoms with Crippen molar-refractivity contribution in [2.45, 2.75) is 19.1 Å². The average Bonchev–Trinajstić information content (AvgIpc) is 2.91. The standard InChI is InChI=1S/C12H15N3O4/c16-12(19-9-10-4-2-1-3-5-10)14(15(17)18)11-6-7-13-8-11/h1-5,11,13H,6-9H2/t11-/m1/s1. The average molecular weight is 265 g/mol. The van der Waals surface area contributed by atoms with Gasteiger partial charge in [0.25, 0.3) is 0 Å². The molecule has 0 radical (unpaired) electrons. The van der Waals surface area contributed by atoms with E-state index in [0.29, 0.717) is 24.5 Å². The summed E-state index contributed by atoms with van der Waals surface area (Å²) >= 11 is 0. The van der Waals surface area contributed by atoms with E-state index in [2.05, 4.69) is 5.32 Å². The SMILES string of the molecule is O=C(OCc1ccccc1)N([C@@H]1CCNC1)[N+](=O)[O-]. The van der Waals surface area contributed by atoms with Crippen LogP contribution in [-0.2, 0) is 11.3 Å². The van der Waals surface area contributed by atoms with Crippen LogP contribution in [0.3, 0.4) is 0 Å². The van der Waals surface area contributed by atoms with E-state index in [0.717, 1.165) is 5.56 Å². The molecule has 1 heterocycles. The van der Waals surface area contributed by atoms with Crippen LogP contribution in [0.5, 0.6) is 0 Å². The maximum absolute atomic E-state index is 11.8. The molecule has 2 rings (SSSR count).